The molecular formula is C13H15ClN2O3S. The molecule has 1 aliphatic rings. The third-order valence-electron chi connectivity index (χ3n) is 3.60. The van der Waals surface area contributed by atoms with Crippen molar-refractivity contribution in [3.63, 3.8) is 0 Å². The van der Waals surface area contributed by atoms with Crippen molar-refractivity contribution < 1.29 is 13.2 Å². The zero-order valence-electron chi connectivity index (χ0n) is 11.2. The number of hydrogen-bond donors (Lipinski definition) is 1. The van der Waals surface area contributed by atoms with Gasteiger partial charge in [0.2, 0.25) is 10.0 Å². The van der Waals surface area contributed by atoms with Gasteiger partial charge in [0, 0.05) is 6.61 Å². The molecule has 7 heteroatoms. The third kappa shape index (κ3) is 2.81. The van der Waals surface area contributed by atoms with E-state index in [0.717, 1.165) is 0 Å². The van der Waals surface area contributed by atoms with Crippen LogP contribution in [0.5, 0.6) is 0 Å². The molecule has 5 nitrogen and oxygen atoms in total. The largest absolute Gasteiger partial charge is 0.376 e. The highest BCUT2D eigenvalue weighted by molar-refractivity contribution is 7.89. The fraction of sp³-hybridized carbons (Fsp3) is 0.462. The maximum absolute atomic E-state index is 12.4. The van der Waals surface area contributed by atoms with Crippen molar-refractivity contribution in [2.24, 2.45) is 0 Å². The second-order valence-corrected chi connectivity index (χ2v) is 7.10. The standard InChI is InChI=1S/C13H15ClN2O3S/c1-9-13(2,5-6-19-9)16-20(17,18)12-4-3-10(8-15)7-11(12)14/h3-4,7,9,16H,5-6H2,1-2H3. The lowest BCUT2D eigenvalue weighted by atomic mass is 9.97. The number of hydrogen-bond acceptors (Lipinski definition) is 4. The minimum atomic E-state index is -3.76. The maximum atomic E-state index is 12.4. The third-order valence-corrected chi connectivity index (χ3v) is 5.70. The van der Waals surface area contributed by atoms with Crippen LogP contribution in [-0.2, 0) is 14.8 Å². The van der Waals surface area contributed by atoms with Crippen LogP contribution in [0.4, 0.5) is 0 Å². The Labute approximate surface area is 123 Å². The molecule has 1 aromatic rings. The number of ether oxygens (including phenoxy) is 1. The first kappa shape index (κ1) is 15.3. The van der Waals surface area contributed by atoms with E-state index in [4.69, 9.17) is 21.6 Å². The molecule has 108 valence electrons. The van der Waals surface area contributed by atoms with Gasteiger partial charge in [0.1, 0.15) is 4.90 Å². The summed E-state index contributed by atoms with van der Waals surface area (Å²) < 4.78 is 32.9. The molecule has 0 bridgehead atoms. The van der Waals surface area contributed by atoms with Crippen molar-refractivity contribution in [2.45, 2.75) is 36.8 Å². The van der Waals surface area contributed by atoms with E-state index in [9.17, 15) is 8.42 Å². The second kappa shape index (κ2) is 5.34. The lowest BCUT2D eigenvalue weighted by Gasteiger charge is -2.28. The smallest absolute Gasteiger partial charge is 0.242 e. The van der Waals surface area contributed by atoms with Gasteiger partial charge in [-0.25, -0.2) is 13.1 Å². The Kier molecular flexibility index (Phi) is 4.07. The van der Waals surface area contributed by atoms with Gasteiger partial charge in [0.25, 0.3) is 0 Å². The van der Waals surface area contributed by atoms with Crippen LogP contribution in [0.3, 0.4) is 0 Å². The van der Waals surface area contributed by atoms with Crippen molar-refractivity contribution in [1.29, 1.82) is 5.26 Å². The predicted molar refractivity (Wildman–Crippen MR) is 74.9 cm³/mol. The van der Waals surface area contributed by atoms with Crippen LogP contribution in [0.25, 0.3) is 0 Å². The van der Waals surface area contributed by atoms with Crippen molar-refractivity contribution >= 4 is 21.6 Å². The van der Waals surface area contributed by atoms with E-state index in [0.29, 0.717) is 18.6 Å². The highest BCUT2D eigenvalue weighted by atomic mass is 35.5. The molecule has 0 saturated carbocycles. The Hall–Kier alpha value is -1.13. The molecule has 2 atom stereocenters. The molecule has 1 N–H and O–H groups in total. The van der Waals surface area contributed by atoms with Gasteiger partial charge < -0.3 is 4.74 Å². The number of benzene rings is 1. The number of rotatable bonds is 3. The molecule has 2 rings (SSSR count). The van der Waals surface area contributed by atoms with Crippen molar-refractivity contribution in [2.75, 3.05) is 6.61 Å². The zero-order valence-corrected chi connectivity index (χ0v) is 12.8. The molecule has 0 aromatic heterocycles. The average molecular weight is 315 g/mol. The second-order valence-electron chi connectivity index (χ2n) is 5.04. The van der Waals surface area contributed by atoms with Crippen molar-refractivity contribution in [3.05, 3.63) is 28.8 Å². The first-order valence-electron chi connectivity index (χ1n) is 6.14. The van der Waals surface area contributed by atoms with Crippen LogP contribution in [-0.4, -0.2) is 26.7 Å². The van der Waals surface area contributed by atoms with Gasteiger partial charge in [-0.2, -0.15) is 5.26 Å². The van der Waals surface area contributed by atoms with E-state index in [1.165, 1.54) is 18.2 Å². The summed E-state index contributed by atoms with van der Waals surface area (Å²) in [6, 6.07) is 6.02. The van der Waals surface area contributed by atoms with Gasteiger partial charge in [-0.3, -0.25) is 0 Å². The van der Waals surface area contributed by atoms with Crippen LogP contribution in [0.2, 0.25) is 5.02 Å². The monoisotopic (exact) mass is 314 g/mol. The van der Waals surface area contributed by atoms with E-state index in [1.807, 2.05) is 13.0 Å². The summed E-state index contributed by atoms with van der Waals surface area (Å²) in [4.78, 5) is -0.0292. The highest BCUT2D eigenvalue weighted by Crippen LogP contribution is 2.29. The summed E-state index contributed by atoms with van der Waals surface area (Å²) in [5.74, 6) is 0. The minimum Gasteiger partial charge on any atom is -0.376 e. The number of halogens is 1. The minimum absolute atomic E-state index is 0.0292. The molecule has 0 aliphatic carbocycles. The molecule has 1 aromatic carbocycles. The predicted octanol–water partition coefficient (Wildman–Crippen LogP) is 2.06. The summed E-state index contributed by atoms with van der Waals surface area (Å²) in [5, 5.41) is 8.81. The highest BCUT2D eigenvalue weighted by Gasteiger charge is 2.41. The molecule has 2 unspecified atom stereocenters. The molecule has 0 amide bonds. The van der Waals surface area contributed by atoms with E-state index >= 15 is 0 Å². The molecule has 1 heterocycles. The van der Waals surface area contributed by atoms with Gasteiger partial charge in [0.15, 0.2) is 0 Å². The number of nitrogens with zero attached hydrogens (tertiary/aromatic N) is 1. The molecule has 1 fully saturated rings. The number of nitrogens with one attached hydrogen (secondary N) is 1. The van der Waals surface area contributed by atoms with Gasteiger partial charge in [0.05, 0.1) is 28.3 Å². The van der Waals surface area contributed by atoms with Gasteiger partial charge in [-0.15, -0.1) is 0 Å². The van der Waals surface area contributed by atoms with Gasteiger partial charge in [-0.05, 0) is 38.5 Å². The van der Waals surface area contributed by atoms with Crippen LogP contribution < -0.4 is 4.72 Å². The summed E-state index contributed by atoms with van der Waals surface area (Å²) >= 11 is 5.96. The lowest BCUT2D eigenvalue weighted by molar-refractivity contribution is 0.0957. The van der Waals surface area contributed by atoms with Gasteiger partial charge in [-0.1, -0.05) is 11.6 Å². The van der Waals surface area contributed by atoms with E-state index in [1.54, 1.807) is 6.92 Å². The number of nitriles is 1. The fourth-order valence-corrected chi connectivity index (χ4v) is 4.16. The Morgan fingerprint density at radius 2 is 2.25 bits per heavy atom. The summed E-state index contributed by atoms with van der Waals surface area (Å²) in [6.07, 6.45) is 0.385. The van der Waals surface area contributed by atoms with E-state index in [2.05, 4.69) is 4.72 Å². The zero-order chi connectivity index (χ0) is 15.0. The lowest BCUT2D eigenvalue weighted by Crippen LogP contribution is -2.50. The normalized spacial score (nSPS) is 26.4. The number of sulfonamides is 1. The first-order chi connectivity index (χ1) is 9.28. The van der Waals surface area contributed by atoms with Crippen LogP contribution in [0.15, 0.2) is 23.1 Å². The summed E-state index contributed by atoms with van der Waals surface area (Å²) in [7, 11) is -3.76. The molecule has 1 aliphatic heterocycles. The van der Waals surface area contributed by atoms with Gasteiger partial charge >= 0.3 is 0 Å². The summed E-state index contributed by atoms with van der Waals surface area (Å²) in [5.41, 5.74) is -0.339. The fourth-order valence-electron chi connectivity index (χ4n) is 2.12. The SMILES string of the molecule is CC1OCCC1(C)NS(=O)(=O)c1ccc(C#N)cc1Cl. The Bertz CT molecular complexity index is 669. The topological polar surface area (TPSA) is 79.2 Å². The average Bonchev–Trinajstić information content (AvgIpc) is 2.67. The maximum Gasteiger partial charge on any atom is 0.242 e. The first-order valence-corrected chi connectivity index (χ1v) is 8.00. The van der Waals surface area contributed by atoms with Crippen molar-refractivity contribution in [1.82, 2.24) is 4.72 Å². The molecular weight excluding hydrogens is 300 g/mol. The molecule has 20 heavy (non-hydrogen) atoms. The molecule has 0 radical (unpaired) electrons. The Balaban J connectivity index is 2.34. The van der Waals surface area contributed by atoms with E-state index < -0.39 is 15.6 Å². The Morgan fingerprint density at radius 3 is 2.75 bits per heavy atom. The van der Waals surface area contributed by atoms with Crippen LogP contribution >= 0.6 is 11.6 Å². The molecule has 1 saturated heterocycles. The Morgan fingerprint density at radius 1 is 1.55 bits per heavy atom. The van der Waals surface area contributed by atoms with Crippen molar-refractivity contribution in [3.8, 4) is 6.07 Å². The van der Waals surface area contributed by atoms with E-state index in [-0.39, 0.29) is 16.0 Å². The van der Waals surface area contributed by atoms with Crippen LogP contribution in [0, 0.1) is 11.3 Å². The molecule has 0 spiro atoms. The quantitative estimate of drug-likeness (QED) is 0.926. The van der Waals surface area contributed by atoms with Crippen LogP contribution in [0.1, 0.15) is 25.8 Å². The summed E-state index contributed by atoms with van der Waals surface area (Å²) in [6.45, 7) is 4.15.